The van der Waals surface area contributed by atoms with E-state index in [9.17, 15) is 9.18 Å². The van der Waals surface area contributed by atoms with Crippen molar-refractivity contribution < 1.29 is 13.9 Å². The van der Waals surface area contributed by atoms with Crippen LogP contribution in [0.15, 0.2) is 18.2 Å². The number of rotatable bonds is 4. The molecular weight excluding hydrogens is 273 g/mol. The summed E-state index contributed by atoms with van der Waals surface area (Å²) in [6.45, 7) is 1.73. The number of nitrogens with zero attached hydrogens (tertiary/aromatic N) is 1. The Morgan fingerprint density at radius 3 is 3.00 bits per heavy atom. The van der Waals surface area contributed by atoms with Crippen LogP contribution in [-0.2, 0) is 16.1 Å². The highest BCUT2D eigenvalue weighted by atomic mass is 19.1. The van der Waals surface area contributed by atoms with Gasteiger partial charge in [0.2, 0.25) is 5.91 Å². The molecule has 6 heteroatoms. The summed E-state index contributed by atoms with van der Waals surface area (Å²) in [5.41, 5.74) is 7.24. The number of benzene rings is 1. The van der Waals surface area contributed by atoms with Crippen LogP contribution in [-0.4, -0.2) is 37.7 Å². The van der Waals surface area contributed by atoms with Gasteiger partial charge < -0.3 is 20.7 Å². The second-order valence-corrected chi connectivity index (χ2v) is 5.54. The van der Waals surface area contributed by atoms with Crippen molar-refractivity contribution in [2.75, 3.05) is 24.7 Å². The van der Waals surface area contributed by atoms with Crippen molar-refractivity contribution in [2.24, 2.45) is 5.73 Å². The summed E-state index contributed by atoms with van der Waals surface area (Å²) in [6.07, 6.45) is 2.09. The van der Waals surface area contributed by atoms with E-state index >= 15 is 0 Å². The third-order valence-electron chi connectivity index (χ3n) is 3.93. The van der Waals surface area contributed by atoms with Gasteiger partial charge >= 0.3 is 0 Å². The molecule has 1 aliphatic carbocycles. The van der Waals surface area contributed by atoms with Crippen molar-refractivity contribution in [1.82, 2.24) is 5.32 Å². The maximum absolute atomic E-state index is 13.4. The average Bonchev–Trinajstić information content (AvgIpc) is 3.31. The molecule has 0 radical (unpaired) electrons. The first kappa shape index (κ1) is 14.3. The van der Waals surface area contributed by atoms with Gasteiger partial charge in [0.25, 0.3) is 0 Å². The van der Waals surface area contributed by atoms with Crippen LogP contribution in [0, 0.1) is 5.82 Å². The second-order valence-electron chi connectivity index (χ2n) is 5.54. The molecule has 2 fully saturated rings. The van der Waals surface area contributed by atoms with Crippen molar-refractivity contribution in [2.45, 2.75) is 31.5 Å². The molecule has 1 aromatic carbocycles. The van der Waals surface area contributed by atoms with Gasteiger partial charge in [-0.3, -0.25) is 4.79 Å². The number of nitrogens with one attached hydrogen (secondary N) is 1. The number of carbonyl (C=O) groups is 1. The van der Waals surface area contributed by atoms with Gasteiger partial charge in [-0.15, -0.1) is 0 Å². The first-order valence-corrected chi connectivity index (χ1v) is 7.32. The number of hydrogen-bond acceptors (Lipinski definition) is 4. The monoisotopic (exact) mass is 293 g/mol. The largest absolute Gasteiger partial charge is 0.377 e. The molecule has 1 amide bonds. The fourth-order valence-electron chi connectivity index (χ4n) is 2.63. The predicted molar refractivity (Wildman–Crippen MR) is 77.4 cm³/mol. The molecule has 5 nitrogen and oxygen atoms in total. The van der Waals surface area contributed by atoms with E-state index in [1.807, 2.05) is 4.90 Å². The van der Waals surface area contributed by atoms with Gasteiger partial charge in [-0.2, -0.15) is 0 Å². The maximum atomic E-state index is 13.4. The predicted octanol–water partition coefficient (Wildman–Crippen LogP) is 0.768. The molecule has 21 heavy (non-hydrogen) atoms. The van der Waals surface area contributed by atoms with E-state index in [-0.39, 0.29) is 24.3 Å². The van der Waals surface area contributed by atoms with Gasteiger partial charge in [0.05, 0.1) is 13.2 Å². The van der Waals surface area contributed by atoms with E-state index in [2.05, 4.69) is 5.32 Å². The minimum absolute atomic E-state index is 0.0236. The molecule has 1 aliphatic heterocycles. The zero-order chi connectivity index (χ0) is 14.8. The SMILES string of the molecule is NCc1cc(F)ccc1N1CCOCC1C(=O)NC1CC1. The molecule has 0 bridgehead atoms. The normalized spacial score (nSPS) is 22.2. The zero-order valence-corrected chi connectivity index (χ0v) is 11.8. The minimum atomic E-state index is -0.380. The molecule has 1 atom stereocenters. The fourth-order valence-corrected chi connectivity index (χ4v) is 2.63. The molecule has 0 aromatic heterocycles. The number of amides is 1. The third kappa shape index (κ3) is 3.16. The lowest BCUT2D eigenvalue weighted by Gasteiger charge is -2.37. The number of ether oxygens (including phenoxy) is 1. The second kappa shape index (κ2) is 5.99. The quantitative estimate of drug-likeness (QED) is 0.860. The minimum Gasteiger partial charge on any atom is -0.377 e. The summed E-state index contributed by atoms with van der Waals surface area (Å²) >= 11 is 0. The Morgan fingerprint density at radius 1 is 1.48 bits per heavy atom. The van der Waals surface area contributed by atoms with Crippen LogP contribution in [0.3, 0.4) is 0 Å². The Bertz CT molecular complexity index is 534. The lowest BCUT2D eigenvalue weighted by Crippen LogP contribution is -2.54. The number of morpholine rings is 1. The van der Waals surface area contributed by atoms with E-state index in [1.165, 1.54) is 12.1 Å². The molecule has 1 heterocycles. The molecular formula is C15H20FN3O2. The van der Waals surface area contributed by atoms with Crippen LogP contribution in [0.1, 0.15) is 18.4 Å². The molecule has 1 saturated heterocycles. The number of hydrogen-bond donors (Lipinski definition) is 2. The maximum Gasteiger partial charge on any atom is 0.245 e. The van der Waals surface area contributed by atoms with Gasteiger partial charge in [-0.25, -0.2) is 4.39 Å². The van der Waals surface area contributed by atoms with Crippen molar-refractivity contribution >= 4 is 11.6 Å². The molecule has 1 aromatic rings. The van der Waals surface area contributed by atoms with Crippen molar-refractivity contribution in [1.29, 1.82) is 0 Å². The Morgan fingerprint density at radius 2 is 2.29 bits per heavy atom. The van der Waals surface area contributed by atoms with Crippen LogP contribution in [0.25, 0.3) is 0 Å². The summed E-state index contributed by atoms with van der Waals surface area (Å²) in [5.74, 6) is -0.337. The van der Waals surface area contributed by atoms with Gasteiger partial charge in [-0.05, 0) is 36.6 Å². The first-order valence-electron chi connectivity index (χ1n) is 7.32. The van der Waals surface area contributed by atoms with Crippen molar-refractivity contribution in [3.63, 3.8) is 0 Å². The highest BCUT2D eigenvalue weighted by Crippen LogP contribution is 2.26. The number of nitrogens with two attached hydrogens (primary N) is 1. The molecule has 114 valence electrons. The van der Waals surface area contributed by atoms with Crippen LogP contribution in [0.5, 0.6) is 0 Å². The standard InChI is InChI=1S/C15H20FN3O2/c16-11-1-4-13(10(7-11)8-17)19-5-6-21-9-14(19)15(20)18-12-2-3-12/h1,4,7,12,14H,2-3,5-6,8-9,17H2,(H,18,20). The van der Waals surface area contributed by atoms with Crippen molar-refractivity contribution in [3.05, 3.63) is 29.6 Å². The van der Waals surface area contributed by atoms with Gasteiger partial charge in [0, 0.05) is 24.8 Å². The smallest absolute Gasteiger partial charge is 0.245 e. The van der Waals surface area contributed by atoms with Gasteiger partial charge in [0.1, 0.15) is 11.9 Å². The summed E-state index contributed by atoms with van der Waals surface area (Å²) in [4.78, 5) is 14.3. The summed E-state index contributed by atoms with van der Waals surface area (Å²) in [6, 6.07) is 4.46. The Kier molecular flexibility index (Phi) is 4.07. The molecule has 3 rings (SSSR count). The summed E-state index contributed by atoms with van der Waals surface area (Å²) < 4.78 is 18.8. The highest BCUT2D eigenvalue weighted by molar-refractivity contribution is 5.86. The molecule has 1 unspecified atom stereocenters. The third-order valence-corrected chi connectivity index (χ3v) is 3.93. The lowest BCUT2D eigenvalue weighted by atomic mass is 10.1. The Balaban J connectivity index is 1.84. The topological polar surface area (TPSA) is 67.6 Å². The van der Waals surface area contributed by atoms with E-state index in [0.717, 1.165) is 18.5 Å². The number of halogens is 1. The molecule has 1 saturated carbocycles. The molecule has 3 N–H and O–H groups in total. The van der Waals surface area contributed by atoms with E-state index in [4.69, 9.17) is 10.5 Å². The van der Waals surface area contributed by atoms with Crippen LogP contribution in [0.2, 0.25) is 0 Å². The van der Waals surface area contributed by atoms with Crippen molar-refractivity contribution in [3.8, 4) is 0 Å². The number of anilines is 1. The molecule has 0 spiro atoms. The van der Waals surface area contributed by atoms with Crippen LogP contribution < -0.4 is 16.0 Å². The highest BCUT2D eigenvalue weighted by Gasteiger charge is 2.34. The lowest BCUT2D eigenvalue weighted by molar-refractivity contribution is -0.124. The van der Waals surface area contributed by atoms with E-state index < -0.39 is 0 Å². The van der Waals surface area contributed by atoms with Gasteiger partial charge in [0.15, 0.2) is 0 Å². The van der Waals surface area contributed by atoms with Crippen LogP contribution in [0.4, 0.5) is 10.1 Å². The Hall–Kier alpha value is -1.66. The average molecular weight is 293 g/mol. The summed E-state index contributed by atoms with van der Waals surface area (Å²) in [5, 5.41) is 3.01. The van der Waals surface area contributed by atoms with Crippen LogP contribution >= 0.6 is 0 Å². The zero-order valence-electron chi connectivity index (χ0n) is 11.8. The van der Waals surface area contributed by atoms with E-state index in [1.54, 1.807) is 6.07 Å². The van der Waals surface area contributed by atoms with Gasteiger partial charge in [-0.1, -0.05) is 0 Å². The Labute approximate surface area is 123 Å². The summed E-state index contributed by atoms with van der Waals surface area (Å²) in [7, 11) is 0. The first-order chi connectivity index (χ1) is 10.2. The number of carbonyl (C=O) groups excluding carboxylic acids is 1. The molecule has 2 aliphatic rings. The fraction of sp³-hybridized carbons (Fsp3) is 0.533. The van der Waals surface area contributed by atoms with E-state index in [0.29, 0.717) is 31.4 Å².